The van der Waals surface area contributed by atoms with Gasteiger partial charge >= 0.3 is 0 Å². The molecule has 0 radical (unpaired) electrons. The number of carbonyl (C=O) groups excluding carboxylic acids is 1. The number of ether oxygens (including phenoxy) is 3. The lowest BCUT2D eigenvalue weighted by atomic mass is 10.1. The van der Waals surface area contributed by atoms with Crippen LogP contribution in [0.2, 0.25) is 5.02 Å². The van der Waals surface area contributed by atoms with Gasteiger partial charge in [-0.25, -0.2) is 4.68 Å². The highest BCUT2D eigenvalue weighted by Gasteiger charge is 2.19. The largest absolute Gasteiger partial charge is 0.496 e. The molecule has 1 heterocycles. The Morgan fingerprint density at radius 1 is 1.04 bits per heavy atom. The van der Waals surface area contributed by atoms with Gasteiger partial charge in [-0.1, -0.05) is 23.7 Å². The lowest BCUT2D eigenvalue weighted by molar-refractivity contribution is 0.102. The van der Waals surface area contributed by atoms with Crippen molar-refractivity contribution in [1.29, 1.82) is 0 Å². The van der Waals surface area contributed by atoms with Gasteiger partial charge in [-0.05, 0) is 17.7 Å². The lowest BCUT2D eigenvalue weighted by Crippen LogP contribution is -2.17. The van der Waals surface area contributed by atoms with Crippen molar-refractivity contribution in [1.82, 2.24) is 9.78 Å². The molecule has 8 heteroatoms. The molecular weight excluding hydrogens is 382 g/mol. The molecule has 1 N–H and O–H groups in total. The average Bonchev–Trinajstić information content (AvgIpc) is 3.13. The molecule has 0 bridgehead atoms. The number of amides is 1. The van der Waals surface area contributed by atoms with Gasteiger partial charge < -0.3 is 19.5 Å². The number of benzene rings is 2. The minimum atomic E-state index is -0.356. The van der Waals surface area contributed by atoms with Crippen molar-refractivity contribution in [2.75, 3.05) is 26.6 Å². The molecule has 0 aliphatic carbocycles. The van der Waals surface area contributed by atoms with Crippen LogP contribution in [0.3, 0.4) is 0 Å². The third-order valence-electron chi connectivity index (χ3n) is 4.13. The van der Waals surface area contributed by atoms with E-state index in [0.717, 1.165) is 5.56 Å². The SMILES string of the molecule is COc1cc(OC)c(C(=O)Nc2ccnn2Cc2cccc(Cl)c2)cc1OC. The maximum Gasteiger partial charge on any atom is 0.260 e. The van der Waals surface area contributed by atoms with E-state index in [4.69, 9.17) is 25.8 Å². The van der Waals surface area contributed by atoms with Crippen LogP contribution in [0.4, 0.5) is 5.82 Å². The molecule has 7 nitrogen and oxygen atoms in total. The zero-order valence-electron chi connectivity index (χ0n) is 15.7. The van der Waals surface area contributed by atoms with Crippen LogP contribution in [0.1, 0.15) is 15.9 Å². The van der Waals surface area contributed by atoms with E-state index in [-0.39, 0.29) is 5.91 Å². The maximum atomic E-state index is 12.9. The first-order chi connectivity index (χ1) is 13.5. The van der Waals surface area contributed by atoms with Crippen molar-refractivity contribution >= 4 is 23.3 Å². The Hall–Kier alpha value is -3.19. The van der Waals surface area contributed by atoms with Crippen LogP contribution < -0.4 is 19.5 Å². The number of carbonyl (C=O) groups is 1. The highest BCUT2D eigenvalue weighted by atomic mass is 35.5. The number of rotatable bonds is 7. The van der Waals surface area contributed by atoms with Crippen LogP contribution in [0.5, 0.6) is 17.2 Å². The molecule has 1 aromatic heterocycles. The quantitative estimate of drug-likeness (QED) is 0.650. The fourth-order valence-electron chi connectivity index (χ4n) is 2.76. The number of methoxy groups -OCH3 is 3. The van der Waals surface area contributed by atoms with Gasteiger partial charge in [0.1, 0.15) is 11.6 Å². The van der Waals surface area contributed by atoms with E-state index in [9.17, 15) is 4.79 Å². The Labute approximate surface area is 167 Å². The van der Waals surface area contributed by atoms with E-state index in [1.165, 1.54) is 21.3 Å². The smallest absolute Gasteiger partial charge is 0.260 e. The van der Waals surface area contributed by atoms with Crippen molar-refractivity contribution in [3.63, 3.8) is 0 Å². The normalized spacial score (nSPS) is 10.4. The van der Waals surface area contributed by atoms with Crippen molar-refractivity contribution in [3.05, 3.63) is 64.8 Å². The van der Waals surface area contributed by atoms with E-state index in [1.807, 2.05) is 18.2 Å². The first-order valence-corrected chi connectivity index (χ1v) is 8.81. The second-order valence-electron chi connectivity index (χ2n) is 5.87. The summed E-state index contributed by atoms with van der Waals surface area (Å²) in [5.41, 5.74) is 1.28. The Morgan fingerprint density at radius 3 is 2.43 bits per heavy atom. The van der Waals surface area contributed by atoms with Gasteiger partial charge in [0.25, 0.3) is 5.91 Å². The molecule has 0 saturated carbocycles. The van der Waals surface area contributed by atoms with Gasteiger partial charge in [-0.2, -0.15) is 5.10 Å². The first kappa shape index (κ1) is 19.6. The summed E-state index contributed by atoms with van der Waals surface area (Å²) >= 11 is 6.04. The van der Waals surface area contributed by atoms with Crippen LogP contribution in [0.25, 0.3) is 0 Å². The summed E-state index contributed by atoms with van der Waals surface area (Å²) < 4.78 is 17.5. The predicted molar refractivity (Wildman–Crippen MR) is 107 cm³/mol. The Balaban J connectivity index is 1.85. The average molecular weight is 402 g/mol. The molecule has 0 aliphatic heterocycles. The van der Waals surface area contributed by atoms with E-state index in [0.29, 0.717) is 40.2 Å². The third kappa shape index (κ3) is 4.20. The molecule has 3 aromatic rings. The van der Waals surface area contributed by atoms with E-state index < -0.39 is 0 Å². The highest BCUT2D eigenvalue weighted by Crippen LogP contribution is 2.35. The van der Waals surface area contributed by atoms with Crippen LogP contribution in [-0.4, -0.2) is 37.0 Å². The minimum absolute atomic E-state index is 0.315. The summed E-state index contributed by atoms with van der Waals surface area (Å²) in [7, 11) is 4.51. The zero-order valence-corrected chi connectivity index (χ0v) is 16.5. The number of nitrogens with one attached hydrogen (secondary N) is 1. The van der Waals surface area contributed by atoms with Gasteiger partial charge in [0.2, 0.25) is 0 Å². The number of aromatic nitrogens is 2. The summed E-state index contributed by atoms with van der Waals surface area (Å²) in [6.07, 6.45) is 1.62. The predicted octanol–water partition coefficient (Wildman–Crippen LogP) is 3.86. The number of anilines is 1. The molecule has 0 spiro atoms. The monoisotopic (exact) mass is 401 g/mol. The first-order valence-electron chi connectivity index (χ1n) is 8.43. The second kappa shape index (κ2) is 8.67. The molecule has 2 aromatic carbocycles. The van der Waals surface area contributed by atoms with Gasteiger partial charge in [-0.15, -0.1) is 0 Å². The van der Waals surface area contributed by atoms with Gasteiger partial charge in [-0.3, -0.25) is 4.79 Å². The van der Waals surface area contributed by atoms with Crippen molar-refractivity contribution in [2.24, 2.45) is 0 Å². The molecule has 0 unspecified atom stereocenters. The van der Waals surface area contributed by atoms with Crippen molar-refractivity contribution in [2.45, 2.75) is 6.54 Å². The summed E-state index contributed by atoms with van der Waals surface area (Å²) in [5, 5.41) is 7.78. The molecule has 28 heavy (non-hydrogen) atoms. The summed E-state index contributed by atoms with van der Waals surface area (Å²) in [5.74, 6) is 1.46. The summed E-state index contributed by atoms with van der Waals surface area (Å²) in [6, 6.07) is 12.4. The molecule has 1 amide bonds. The molecule has 0 saturated heterocycles. The summed E-state index contributed by atoms with van der Waals surface area (Å²) in [4.78, 5) is 12.9. The van der Waals surface area contributed by atoms with Gasteiger partial charge in [0.15, 0.2) is 11.5 Å². The fourth-order valence-corrected chi connectivity index (χ4v) is 2.98. The van der Waals surface area contributed by atoms with Crippen LogP contribution >= 0.6 is 11.6 Å². The number of halogens is 1. The van der Waals surface area contributed by atoms with Crippen molar-refractivity contribution < 1.29 is 19.0 Å². The Morgan fingerprint density at radius 2 is 1.75 bits per heavy atom. The molecule has 0 atom stereocenters. The third-order valence-corrected chi connectivity index (χ3v) is 4.36. The fraction of sp³-hybridized carbons (Fsp3) is 0.200. The second-order valence-corrected chi connectivity index (χ2v) is 6.30. The molecule has 0 aliphatic rings. The van der Waals surface area contributed by atoms with Gasteiger partial charge in [0, 0.05) is 23.2 Å². The maximum absolute atomic E-state index is 12.9. The summed E-state index contributed by atoms with van der Waals surface area (Å²) in [6.45, 7) is 0.465. The van der Waals surface area contributed by atoms with Gasteiger partial charge in [0.05, 0.1) is 39.6 Å². The molecule has 146 valence electrons. The number of nitrogens with zero attached hydrogens (tertiary/aromatic N) is 2. The van der Waals surface area contributed by atoms with Crippen LogP contribution in [-0.2, 0) is 6.54 Å². The Kier molecular flexibility index (Phi) is 6.06. The van der Waals surface area contributed by atoms with E-state index >= 15 is 0 Å². The lowest BCUT2D eigenvalue weighted by Gasteiger charge is -2.14. The molecule has 0 fully saturated rings. The van der Waals surface area contributed by atoms with Crippen LogP contribution in [0, 0.1) is 0 Å². The minimum Gasteiger partial charge on any atom is -0.496 e. The van der Waals surface area contributed by atoms with E-state index in [2.05, 4.69) is 10.4 Å². The van der Waals surface area contributed by atoms with Crippen molar-refractivity contribution in [3.8, 4) is 17.2 Å². The number of hydrogen-bond donors (Lipinski definition) is 1. The molecule has 3 rings (SSSR count). The topological polar surface area (TPSA) is 74.6 Å². The molecular formula is C20H20ClN3O4. The standard InChI is InChI=1S/C20H20ClN3O4/c1-26-16-11-18(28-3)17(27-2)10-15(16)20(25)23-19-7-8-22-24(19)12-13-5-4-6-14(21)9-13/h4-11H,12H2,1-3H3,(H,23,25). The van der Waals surface area contributed by atoms with E-state index in [1.54, 1.807) is 35.1 Å². The zero-order chi connectivity index (χ0) is 20.1. The Bertz CT molecular complexity index is 987. The van der Waals surface area contributed by atoms with Crippen LogP contribution in [0.15, 0.2) is 48.7 Å². The number of hydrogen-bond acceptors (Lipinski definition) is 5. The highest BCUT2D eigenvalue weighted by molar-refractivity contribution is 6.30.